The van der Waals surface area contributed by atoms with Crippen molar-refractivity contribution in [1.29, 1.82) is 0 Å². The summed E-state index contributed by atoms with van der Waals surface area (Å²) in [5, 5.41) is 2.23. The molecule has 1 N–H and O–H groups in total. The molecule has 0 bridgehead atoms. The molecule has 0 radical (unpaired) electrons. The van der Waals surface area contributed by atoms with Crippen molar-refractivity contribution >= 4 is 51.6 Å². The molecule has 0 fully saturated rings. The maximum absolute atomic E-state index is 12.5. The van der Waals surface area contributed by atoms with Crippen molar-refractivity contribution in [3.8, 4) is 0 Å². The molecular formula is C11H8Cl3F3N2O2. The third-order valence-electron chi connectivity index (χ3n) is 2.08. The van der Waals surface area contributed by atoms with Crippen molar-refractivity contribution in [3.05, 3.63) is 27.7 Å². The molecule has 0 saturated heterocycles. The minimum Gasteiger partial charge on any atom is -0.461 e. The standard InChI is InChI=1S/C11H8Cl3F3N2O2/c1-2-21-10(20)9(14)19-18-8-6(12)3-5(4-7(8)13)11(15,16)17/h3-4,18H,2H2,1H3. The fourth-order valence-corrected chi connectivity index (χ4v) is 1.85. The molecular weight excluding hydrogens is 355 g/mol. The number of benzene rings is 1. The number of nitrogens with one attached hydrogen (secondary N) is 1. The fraction of sp³-hybridized carbons (Fsp3) is 0.273. The van der Waals surface area contributed by atoms with E-state index in [0.29, 0.717) is 12.1 Å². The highest BCUT2D eigenvalue weighted by Crippen LogP contribution is 2.38. The van der Waals surface area contributed by atoms with E-state index in [0.717, 1.165) is 0 Å². The predicted octanol–water partition coefficient (Wildman–Crippen LogP) is 4.54. The normalized spacial score (nSPS) is 12.2. The summed E-state index contributed by atoms with van der Waals surface area (Å²) >= 11 is 16.9. The van der Waals surface area contributed by atoms with Gasteiger partial charge in [-0.2, -0.15) is 18.3 Å². The van der Waals surface area contributed by atoms with Crippen LogP contribution in [0.5, 0.6) is 0 Å². The second kappa shape index (κ2) is 7.20. The number of anilines is 1. The molecule has 0 unspecified atom stereocenters. The Morgan fingerprint density at radius 3 is 2.29 bits per heavy atom. The lowest BCUT2D eigenvalue weighted by Gasteiger charge is -2.11. The summed E-state index contributed by atoms with van der Waals surface area (Å²) in [5.41, 5.74) is 1.10. The molecule has 1 aromatic carbocycles. The average Bonchev–Trinajstić information content (AvgIpc) is 2.36. The number of ether oxygens (including phenoxy) is 1. The molecule has 21 heavy (non-hydrogen) atoms. The van der Waals surface area contributed by atoms with E-state index in [1.807, 2.05) is 0 Å². The van der Waals surface area contributed by atoms with Gasteiger partial charge in [0, 0.05) is 0 Å². The third kappa shape index (κ3) is 4.94. The van der Waals surface area contributed by atoms with E-state index < -0.39 is 22.9 Å². The third-order valence-corrected chi connectivity index (χ3v) is 2.91. The van der Waals surface area contributed by atoms with Crippen LogP contribution < -0.4 is 5.43 Å². The summed E-state index contributed by atoms with van der Waals surface area (Å²) in [6.45, 7) is 1.66. The number of nitrogens with zero attached hydrogens (tertiary/aromatic N) is 1. The Morgan fingerprint density at radius 1 is 1.33 bits per heavy atom. The van der Waals surface area contributed by atoms with Gasteiger partial charge in [-0.15, -0.1) is 0 Å². The number of esters is 1. The number of rotatable bonds is 4. The zero-order chi connectivity index (χ0) is 16.2. The summed E-state index contributed by atoms with van der Waals surface area (Å²) in [6, 6.07) is 1.34. The summed E-state index contributed by atoms with van der Waals surface area (Å²) in [7, 11) is 0. The zero-order valence-corrected chi connectivity index (χ0v) is 12.7. The molecule has 0 atom stereocenters. The number of carbonyl (C=O) groups excluding carboxylic acids is 1. The molecule has 0 aliphatic heterocycles. The van der Waals surface area contributed by atoms with Crippen LogP contribution in [-0.4, -0.2) is 17.7 Å². The highest BCUT2D eigenvalue weighted by atomic mass is 35.5. The monoisotopic (exact) mass is 362 g/mol. The number of alkyl halides is 3. The Morgan fingerprint density at radius 2 is 1.86 bits per heavy atom. The van der Waals surface area contributed by atoms with Gasteiger partial charge in [-0.1, -0.05) is 34.8 Å². The summed E-state index contributed by atoms with van der Waals surface area (Å²) in [4.78, 5) is 11.2. The van der Waals surface area contributed by atoms with Gasteiger partial charge in [0.2, 0.25) is 5.17 Å². The van der Waals surface area contributed by atoms with Crippen LogP contribution in [0, 0.1) is 0 Å². The molecule has 4 nitrogen and oxygen atoms in total. The van der Waals surface area contributed by atoms with Gasteiger partial charge >= 0.3 is 12.1 Å². The first-order chi connectivity index (χ1) is 9.66. The predicted molar refractivity (Wildman–Crippen MR) is 75.0 cm³/mol. The molecule has 0 saturated carbocycles. The van der Waals surface area contributed by atoms with Crippen LogP contribution in [0.1, 0.15) is 12.5 Å². The van der Waals surface area contributed by atoms with Gasteiger partial charge in [-0.05, 0) is 19.1 Å². The number of hydrogen-bond donors (Lipinski definition) is 1. The van der Waals surface area contributed by atoms with Gasteiger partial charge in [0.1, 0.15) is 0 Å². The van der Waals surface area contributed by atoms with Crippen molar-refractivity contribution in [2.24, 2.45) is 5.10 Å². The van der Waals surface area contributed by atoms with E-state index in [2.05, 4.69) is 15.3 Å². The number of carbonyl (C=O) groups is 1. The first-order valence-corrected chi connectivity index (χ1v) is 6.52. The van der Waals surface area contributed by atoms with E-state index in [1.165, 1.54) is 0 Å². The lowest BCUT2D eigenvalue weighted by molar-refractivity contribution is -0.137. The lowest BCUT2D eigenvalue weighted by Crippen LogP contribution is -2.13. The maximum Gasteiger partial charge on any atom is 0.416 e. The fourth-order valence-electron chi connectivity index (χ4n) is 1.18. The molecule has 0 aromatic heterocycles. The van der Waals surface area contributed by atoms with Crippen LogP contribution in [0.15, 0.2) is 17.2 Å². The molecule has 0 heterocycles. The smallest absolute Gasteiger partial charge is 0.416 e. The maximum atomic E-state index is 12.5. The van der Waals surface area contributed by atoms with Crippen LogP contribution in [0.4, 0.5) is 18.9 Å². The van der Waals surface area contributed by atoms with Crippen LogP contribution in [0.2, 0.25) is 10.0 Å². The Bertz CT molecular complexity index is 553. The average molecular weight is 364 g/mol. The molecule has 116 valence electrons. The van der Waals surface area contributed by atoms with Crippen molar-refractivity contribution < 1.29 is 22.7 Å². The van der Waals surface area contributed by atoms with E-state index in [9.17, 15) is 18.0 Å². The summed E-state index contributed by atoms with van der Waals surface area (Å²) in [5.74, 6) is -0.897. The van der Waals surface area contributed by atoms with Gasteiger partial charge < -0.3 is 4.74 Å². The summed E-state index contributed by atoms with van der Waals surface area (Å²) in [6.07, 6.45) is -4.59. The second-order valence-corrected chi connectivity index (χ2v) is 4.72. The molecule has 0 amide bonds. The first kappa shape index (κ1) is 17.9. The van der Waals surface area contributed by atoms with Crippen molar-refractivity contribution in [2.45, 2.75) is 13.1 Å². The van der Waals surface area contributed by atoms with Gasteiger partial charge in [0.05, 0.1) is 27.9 Å². The van der Waals surface area contributed by atoms with Crippen LogP contribution in [-0.2, 0) is 15.7 Å². The Balaban J connectivity index is 3.01. The lowest BCUT2D eigenvalue weighted by atomic mass is 10.2. The Hall–Kier alpha value is -1.18. The summed E-state index contributed by atoms with van der Waals surface area (Å²) < 4.78 is 42.2. The molecule has 10 heteroatoms. The molecule has 0 aliphatic rings. The Kier molecular flexibility index (Phi) is 6.12. The Labute approximate surface area is 132 Å². The van der Waals surface area contributed by atoms with E-state index >= 15 is 0 Å². The zero-order valence-electron chi connectivity index (χ0n) is 10.4. The van der Waals surface area contributed by atoms with Crippen molar-refractivity contribution in [3.63, 3.8) is 0 Å². The van der Waals surface area contributed by atoms with Gasteiger partial charge in [-0.3, -0.25) is 5.43 Å². The van der Waals surface area contributed by atoms with Crippen LogP contribution >= 0.6 is 34.8 Å². The highest BCUT2D eigenvalue weighted by Gasteiger charge is 2.32. The minimum absolute atomic E-state index is 0.0896. The topological polar surface area (TPSA) is 50.7 Å². The van der Waals surface area contributed by atoms with E-state index in [4.69, 9.17) is 34.8 Å². The van der Waals surface area contributed by atoms with Gasteiger partial charge in [0.25, 0.3) is 0 Å². The highest BCUT2D eigenvalue weighted by molar-refractivity contribution is 6.82. The number of hydrazone groups is 1. The van der Waals surface area contributed by atoms with Crippen molar-refractivity contribution in [1.82, 2.24) is 0 Å². The second-order valence-electron chi connectivity index (χ2n) is 3.55. The quantitative estimate of drug-likeness (QED) is 0.485. The number of halogens is 6. The number of hydrogen-bond acceptors (Lipinski definition) is 4. The van der Waals surface area contributed by atoms with Crippen molar-refractivity contribution in [2.75, 3.05) is 12.0 Å². The molecule has 0 aliphatic carbocycles. The van der Waals surface area contributed by atoms with Gasteiger partial charge in [-0.25, -0.2) is 4.79 Å². The first-order valence-electron chi connectivity index (χ1n) is 5.39. The molecule has 0 spiro atoms. The van der Waals surface area contributed by atoms with E-state index in [-0.39, 0.29) is 22.3 Å². The van der Waals surface area contributed by atoms with E-state index in [1.54, 1.807) is 6.92 Å². The van der Waals surface area contributed by atoms with Crippen LogP contribution in [0.25, 0.3) is 0 Å². The largest absolute Gasteiger partial charge is 0.461 e. The molecule has 1 rings (SSSR count). The molecule has 1 aromatic rings. The van der Waals surface area contributed by atoms with Crippen LogP contribution in [0.3, 0.4) is 0 Å². The van der Waals surface area contributed by atoms with Gasteiger partial charge in [0.15, 0.2) is 0 Å². The SMILES string of the molecule is CCOC(=O)C(Cl)=NNc1c(Cl)cc(C(F)(F)F)cc1Cl. The minimum atomic E-state index is -4.59.